The Kier molecular flexibility index (Phi) is 4.73. The molecule has 0 aliphatic rings. The number of nitrogens with one attached hydrogen (secondary N) is 1. The van der Waals surface area contributed by atoms with Crippen molar-refractivity contribution in [2.45, 2.75) is 18.2 Å². The van der Waals surface area contributed by atoms with Crippen LogP contribution in [0.1, 0.15) is 13.3 Å². The van der Waals surface area contributed by atoms with E-state index >= 15 is 0 Å². The summed E-state index contributed by atoms with van der Waals surface area (Å²) in [5.74, 6) is -0.251. The molecule has 1 aromatic rings. The molecule has 0 heterocycles. The molecular weight excluding hydrogens is 277 g/mol. The van der Waals surface area contributed by atoms with Crippen LogP contribution < -0.4 is 10.1 Å². The molecule has 1 N–H and O–H groups in total. The van der Waals surface area contributed by atoms with Crippen molar-refractivity contribution in [1.29, 1.82) is 0 Å². The third-order valence-corrected chi connectivity index (χ3v) is 3.14. The molecule has 16 heavy (non-hydrogen) atoms. The zero-order valence-electron chi connectivity index (χ0n) is 9.09. The van der Waals surface area contributed by atoms with Crippen molar-refractivity contribution in [3.8, 4) is 5.75 Å². The summed E-state index contributed by atoms with van der Waals surface area (Å²) in [5.41, 5.74) is 0.127. The van der Waals surface area contributed by atoms with Crippen LogP contribution >= 0.6 is 15.9 Å². The second kappa shape index (κ2) is 5.84. The first-order valence-corrected chi connectivity index (χ1v) is 5.78. The second-order valence-electron chi connectivity index (χ2n) is 3.21. The van der Waals surface area contributed by atoms with Crippen LogP contribution in [0.2, 0.25) is 0 Å². The number of ether oxygens (including phenoxy) is 1. The van der Waals surface area contributed by atoms with Gasteiger partial charge >= 0.3 is 0 Å². The van der Waals surface area contributed by atoms with E-state index < -0.39 is 5.82 Å². The van der Waals surface area contributed by atoms with Crippen LogP contribution in [-0.2, 0) is 4.79 Å². The summed E-state index contributed by atoms with van der Waals surface area (Å²) in [5, 5.41) is 2.49. The van der Waals surface area contributed by atoms with Gasteiger partial charge in [0.25, 0.3) is 0 Å². The first-order chi connectivity index (χ1) is 7.58. The highest BCUT2D eigenvalue weighted by Crippen LogP contribution is 2.21. The van der Waals surface area contributed by atoms with Crippen LogP contribution in [0.5, 0.6) is 5.75 Å². The monoisotopic (exact) mass is 289 g/mol. The number of amides is 1. The minimum atomic E-state index is -0.482. The first kappa shape index (κ1) is 13.0. The summed E-state index contributed by atoms with van der Waals surface area (Å²) in [6, 6.07) is 4.20. The van der Waals surface area contributed by atoms with Gasteiger partial charge in [-0.05, 0) is 18.6 Å². The van der Waals surface area contributed by atoms with Crippen LogP contribution in [0.25, 0.3) is 0 Å². The first-order valence-electron chi connectivity index (χ1n) is 4.87. The lowest BCUT2D eigenvalue weighted by Gasteiger charge is -2.10. The average Bonchev–Trinajstić information content (AvgIpc) is 2.30. The van der Waals surface area contributed by atoms with Crippen molar-refractivity contribution >= 4 is 27.5 Å². The Bertz CT molecular complexity index is 384. The Labute approximate surface area is 102 Å². The predicted molar refractivity (Wildman–Crippen MR) is 64.6 cm³/mol. The van der Waals surface area contributed by atoms with Gasteiger partial charge in [0.2, 0.25) is 5.91 Å². The molecule has 0 spiro atoms. The predicted octanol–water partition coefficient (Wildman–Crippen LogP) is 2.95. The molecule has 0 fully saturated rings. The van der Waals surface area contributed by atoms with E-state index in [0.29, 0.717) is 12.2 Å². The fourth-order valence-corrected chi connectivity index (χ4v) is 1.24. The number of alkyl halides is 1. The second-order valence-corrected chi connectivity index (χ2v) is 4.32. The summed E-state index contributed by atoms with van der Waals surface area (Å²) in [4.78, 5) is 11.2. The standard InChI is InChI=1S/C11H13BrFNO2/c1-3-8(12)11(15)14-10-6-7(16-2)4-5-9(10)13/h4-6,8H,3H2,1-2H3,(H,14,15). The highest BCUT2D eigenvalue weighted by molar-refractivity contribution is 9.10. The quantitative estimate of drug-likeness (QED) is 0.866. The van der Waals surface area contributed by atoms with E-state index in [9.17, 15) is 9.18 Å². The van der Waals surface area contributed by atoms with Crippen LogP contribution in [0, 0.1) is 5.82 Å². The average molecular weight is 290 g/mol. The van der Waals surface area contributed by atoms with E-state index in [1.54, 1.807) is 0 Å². The van der Waals surface area contributed by atoms with Gasteiger partial charge in [-0.15, -0.1) is 0 Å². The van der Waals surface area contributed by atoms with Crippen molar-refractivity contribution in [2.75, 3.05) is 12.4 Å². The van der Waals surface area contributed by atoms with Gasteiger partial charge in [-0.25, -0.2) is 4.39 Å². The lowest BCUT2D eigenvalue weighted by atomic mass is 10.2. The molecule has 0 bridgehead atoms. The van der Waals surface area contributed by atoms with Crippen molar-refractivity contribution in [3.63, 3.8) is 0 Å². The van der Waals surface area contributed by atoms with E-state index in [2.05, 4.69) is 21.2 Å². The third-order valence-electron chi connectivity index (χ3n) is 2.07. The SMILES string of the molecule is CCC(Br)C(=O)Nc1cc(OC)ccc1F. The number of carbonyl (C=O) groups excluding carboxylic acids is 1. The smallest absolute Gasteiger partial charge is 0.238 e. The largest absolute Gasteiger partial charge is 0.497 e. The summed E-state index contributed by atoms with van der Waals surface area (Å²) in [7, 11) is 1.48. The Morgan fingerprint density at radius 1 is 1.62 bits per heavy atom. The minimum Gasteiger partial charge on any atom is -0.497 e. The molecule has 1 atom stereocenters. The Morgan fingerprint density at radius 3 is 2.88 bits per heavy atom. The highest BCUT2D eigenvalue weighted by atomic mass is 79.9. The van der Waals surface area contributed by atoms with Gasteiger partial charge in [0, 0.05) is 6.07 Å². The van der Waals surface area contributed by atoms with Crippen LogP contribution in [0.15, 0.2) is 18.2 Å². The number of carbonyl (C=O) groups is 1. The number of anilines is 1. The maximum absolute atomic E-state index is 13.3. The van der Waals surface area contributed by atoms with E-state index in [1.807, 2.05) is 6.92 Å². The maximum atomic E-state index is 13.3. The van der Waals surface area contributed by atoms with Crippen molar-refractivity contribution in [1.82, 2.24) is 0 Å². The number of hydrogen-bond donors (Lipinski definition) is 1. The fraction of sp³-hybridized carbons (Fsp3) is 0.364. The molecule has 1 aromatic carbocycles. The Balaban J connectivity index is 2.83. The van der Waals surface area contributed by atoms with E-state index in [0.717, 1.165) is 0 Å². The number of hydrogen-bond acceptors (Lipinski definition) is 2. The number of benzene rings is 1. The van der Waals surface area contributed by atoms with Crippen LogP contribution in [0.3, 0.4) is 0 Å². The number of halogens is 2. The summed E-state index contributed by atoms with van der Waals surface area (Å²) >= 11 is 3.19. The zero-order valence-corrected chi connectivity index (χ0v) is 10.7. The third kappa shape index (κ3) is 3.20. The molecule has 1 unspecified atom stereocenters. The molecule has 0 radical (unpaired) electrons. The van der Waals surface area contributed by atoms with E-state index in [1.165, 1.54) is 25.3 Å². The van der Waals surface area contributed by atoms with Gasteiger partial charge in [0.1, 0.15) is 11.6 Å². The number of rotatable bonds is 4. The molecule has 1 amide bonds. The molecular formula is C11H13BrFNO2. The molecule has 1 rings (SSSR count). The van der Waals surface area contributed by atoms with E-state index in [-0.39, 0.29) is 16.4 Å². The topological polar surface area (TPSA) is 38.3 Å². The Morgan fingerprint density at radius 2 is 2.31 bits per heavy atom. The van der Waals surface area contributed by atoms with Gasteiger partial charge in [-0.2, -0.15) is 0 Å². The highest BCUT2D eigenvalue weighted by Gasteiger charge is 2.14. The van der Waals surface area contributed by atoms with Crippen molar-refractivity contribution in [3.05, 3.63) is 24.0 Å². The van der Waals surface area contributed by atoms with Crippen LogP contribution in [-0.4, -0.2) is 17.8 Å². The molecule has 0 saturated heterocycles. The van der Waals surface area contributed by atoms with Crippen molar-refractivity contribution < 1.29 is 13.9 Å². The molecule has 3 nitrogen and oxygen atoms in total. The minimum absolute atomic E-state index is 0.127. The molecule has 0 aliphatic heterocycles. The molecule has 5 heteroatoms. The Hall–Kier alpha value is -1.10. The lowest BCUT2D eigenvalue weighted by molar-refractivity contribution is -0.115. The van der Waals surface area contributed by atoms with E-state index in [4.69, 9.17) is 4.74 Å². The zero-order chi connectivity index (χ0) is 12.1. The molecule has 0 aromatic heterocycles. The normalized spacial score (nSPS) is 12.0. The summed E-state index contributed by atoms with van der Waals surface area (Å²) in [6.07, 6.45) is 0.636. The summed E-state index contributed by atoms with van der Waals surface area (Å²) < 4.78 is 18.3. The summed E-state index contributed by atoms with van der Waals surface area (Å²) in [6.45, 7) is 1.86. The van der Waals surface area contributed by atoms with Gasteiger partial charge in [0.05, 0.1) is 17.6 Å². The van der Waals surface area contributed by atoms with Gasteiger partial charge < -0.3 is 10.1 Å². The molecule has 88 valence electrons. The number of methoxy groups -OCH3 is 1. The fourth-order valence-electron chi connectivity index (χ4n) is 1.12. The van der Waals surface area contributed by atoms with Gasteiger partial charge in [-0.3, -0.25) is 4.79 Å². The maximum Gasteiger partial charge on any atom is 0.238 e. The van der Waals surface area contributed by atoms with Crippen LogP contribution in [0.4, 0.5) is 10.1 Å². The van der Waals surface area contributed by atoms with Gasteiger partial charge in [0.15, 0.2) is 0 Å². The molecule has 0 saturated carbocycles. The lowest BCUT2D eigenvalue weighted by Crippen LogP contribution is -2.22. The molecule has 0 aliphatic carbocycles. The van der Waals surface area contributed by atoms with Gasteiger partial charge in [-0.1, -0.05) is 22.9 Å². The van der Waals surface area contributed by atoms with Crippen molar-refractivity contribution in [2.24, 2.45) is 0 Å².